The number of hydrogen-bond acceptors (Lipinski definition) is 3. The third-order valence-corrected chi connectivity index (χ3v) is 2.44. The molecule has 5 heteroatoms. The van der Waals surface area contributed by atoms with E-state index < -0.39 is 5.82 Å². The molecule has 2 aromatic rings. The number of benzene rings is 1. The maximum Gasteiger partial charge on any atom is 0.253 e. The van der Waals surface area contributed by atoms with Gasteiger partial charge in [0.15, 0.2) is 0 Å². The summed E-state index contributed by atoms with van der Waals surface area (Å²) in [6, 6.07) is 4.21. The van der Waals surface area contributed by atoms with Crippen LogP contribution in [-0.4, -0.2) is 12.1 Å². The minimum Gasteiger partial charge on any atom is -0.495 e. The molecule has 0 radical (unpaired) electrons. The van der Waals surface area contributed by atoms with Crippen LogP contribution in [0.2, 0.25) is 0 Å². The molecular weight excluding hydrogens is 211 g/mol. The first kappa shape index (κ1) is 10.6. The Balaban J connectivity index is 2.88. The molecule has 0 aliphatic heterocycles. The maximum absolute atomic E-state index is 13.5. The molecule has 1 heterocycles. The fourth-order valence-corrected chi connectivity index (χ4v) is 1.60. The van der Waals surface area contributed by atoms with Gasteiger partial charge in [-0.2, -0.15) is 0 Å². The first-order chi connectivity index (χ1) is 7.67. The lowest BCUT2D eigenvalue weighted by molar-refractivity contribution is 0.418. The van der Waals surface area contributed by atoms with Crippen molar-refractivity contribution in [2.24, 2.45) is 5.73 Å². The Morgan fingerprint density at radius 2 is 2.25 bits per heavy atom. The van der Waals surface area contributed by atoms with Crippen LogP contribution in [0.4, 0.5) is 4.39 Å². The molecule has 2 rings (SSSR count). The largest absolute Gasteiger partial charge is 0.495 e. The van der Waals surface area contributed by atoms with Gasteiger partial charge in [0.2, 0.25) is 0 Å². The molecule has 0 unspecified atom stereocenters. The van der Waals surface area contributed by atoms with E-state index in [1.54, 1.807) is 0 Å². The van der Waals surface area contributed by atoms with Crippen molar-refractivity contribution in [3.05, 3.63) is 39.9 Å². The smallest absolute Gasteiger partial charge is 0.253 e. The number of pyridine rings is 1. The van der Waals surface area contributed by atoms with Crippen molar-refractivity contribution in [3.63, 3.8) is 0 Å². The number of nitrogens with one attached hydrogen (secondary N) is 1. The first-order valence-corrected chi connectivity index (χ1v) is 4.76. The average Bonchev–Trinajstić information content (AvgIpc) is 2.29. The van der Waals surface area contributed by atoms with Crippen LogP contribution in [-0.2, 0) is 6.54 Å². The Bertz CT molecular complexity index is 592. The van der Waals surface area contributed by atoms with Crippen molar-refractivity contribution in [2.45, 2.75) is 6.54 Å². The van der Waals surface area contributed by atoms with E-state index >= 15 is 0 Å². The number of fused-ring (bicyclic) bond motifs is 1. The highest BCUT2D eigenvalue weighted by Gasteiger charge is 2.09. The van der Waals surface area contributed by atoms with Gasteiger partial charge in [0.05, 0.1) is 12.6 Å². The van der Waals surface area contributed by atoms with Gasteiger partial charge in [-0.15, -0.1) is 0 Å². The van der Waals surface area contributed by atoms with E-state index in [0.717, 1.165) is 0 Å². The van der Waals surface area contributed by atoms with Gasteiger partial charge in [-0.25, -0.2) is 4.39 Å². The van der Waals surface area contributed by atoms with Gasteiger partial charge < -0.3 is 15.5 Å². The Kier molecular flexibility index (Phi) is 2.62. The zero-order valence-electron chi connectivity index (χ0n) is 8.71. The summed E-state index contributed by atoms with van der Waals surface area (Å²) in [5.74, 6) is 0.0128. The topological polar surface area (TPSA) is 68.1 Å². The van der Waals surface area contributed by atoms with E-state index in [1.807, 2.05) is 0 Å². The summed E-state index contributed by atoms with van der Waals surface area (Å²) >= 11 is 0. The van der Waals surface area contributed by atoms with Crippen molar-refractivity contribution in [1.29, 1.82) is 0 Å². The van der Waals surface area contributed by atoms with Crippen molar-refractivity contribution >= 4 is 10.9 Å². The molecular formula is C11H11FN2O2. The molecule has 0 saturated heterocycles. The zero-order chi connectivity index (χ0) is 11.7. The number of ether oxygens (including phenoxy) is 1. The number of methoxy groups -OCH3 is 1. The average molecular weight is 222 g/mol. The lowest BCUT2D eigenvalue weighted by Crippen LogP contribution is -2.16. The summed E-state index contributed by atoms with van der Waals surface area (Å²) in [7, 11) is 1.46. The van der Waals surface area contributed by atoms with Gasteiger partial charge >= 0.3 is 0 Å². The van der Waals surface area contributed by atoms with Crippen LogP contribution in [0.25, 0.3) is 10.9 Å². The molecule has 0 aliphatic rings. The lowest BCUT2D eigenvalue weighted by atomic mass is 10.1. The third-order valence-electron chi connectivity index (χ3n) is 2.44. The standard InChI is InChI=1S/C11H11FN2O2/c1-16-9-3-2-8(12)7-4-6(5-13)11(15)14-10(7)9/h2-4H,5,13H2,1H3,(H,14,15). The quantitative estimate of drug-likeness (QED) is 0.800. The van der Waals surface area contributed by atoms with E-state index in [2.05, 4.69) is 4.98 Å². The van der Waals surface area contributed by atoms with Crippen LogP contribution in [0.5, 0.6) is 5.75 Å². The van der Waals surface area contributed by atoms with E-state index in [1.165, 1.54) is 25.3 Å². The van der Waals surface area contributed by atoms with Crippen molar-refractivity contribution < 1.29 is 9.13 Å². The molecule has 0 bridgehead atoms. The number of aromatic amines is 1. The third kappa shape index (κ3) is 1.55. The van der Waals surface area contributed by atoms with Gasteiger partial charge in [-0.05, 0) is 18.2 Å². The Labute approximate surface area is 90.8 Å². The predicted octanol–water partition coefficient (Wildman–Crippen LogP) is 1.13. The van der Waals surface area contributed by atoms with E-state index in [4.69, 9.17) is 10.5 Å². The predicted molar refractivity (Wildman–Crippen MR) is 59.0 cm³/mol. The summed E-state index contributed by atoms with van der Waals surface area (Å²) in [5, 5.41) is 0.305. The Morgan fingerprint density at radius 1 is 1.50 bits per heavy atom. The molecule has 0 fully saturated rings. The number of hydrogen-bond donors (Lipinski definition) is 2. The molecule has 16 heavy (non-hydrogen) atoms. The van der Waals surface area contributed by atoms with E-state index in [-0.39, 0.29) is 12.1 Å². The van der Waals surface area contributed by atoms with E-state index in [0.29, 0.717) is 22.2 Å². The van der Waals surface area contributed by atoms with Gasteiger partial charge in [-0.1, -0.05) is 0 Å². The number of H-pyrrole nitrogens is 1. The second kappa shape index (κ2) is 3.94. The molecule has 0 spiro atoms. The van der Waals surface area contributed by atoms with Crippen LogP contribution in [0, 0.1) is 5.82 Å². The molecule has 4 nitrogen and oxygen atoms in total. The molecule has 0 atom stereocenters. The van der Waals surface area contributed by atoms with Gasteiger partial charge in [-0.3, -0.25) is 4.79 Å². The summed E-state index contributed by atoms with van der Waals surface area (Å²) in [4.78, 5) is 14.1. The minimum absolute atomic E-state index is 0.0714. The second-order valence-electron chi connectivity index (χ2n) is 3.37. The van der Waals surface area contributed by atoms with Crippen LogP contribution < -0.4 is 16.0 Å². The van der Waals surface area contributed by atoms with Crippen molar-refractivity contribution in [3.8, 4) is 5.75 Å². The molecule has 0 saturated carbocycles. The van der Waals surface area contributed by atoms with Crippen LogP contribution in [0.15, 0.2) is 23.0 Å². The van der Waals surface area contributed by atoms with Crippen LogP contribution in [0.3, 0.4) is 0 Å². The molecule has 3 N–H and O–H groups in total. The monoisotopic (exact) mass is 222 g/mol. The maximum atomic E-state index is 13.5. The highest BCUT2D eigenvalue weighted by molar-refractivity contribution is 5.85. The summed E-state index contributed by atoms with van der Waals surface area (Å²) in [6.45, 7) is 0.0714. The molecule has 1 aromatic carbocycles. The first-order valence-electron chi connectivity index (χ1n) is 4.76. The SMILES string of the molecule is COc1ccc(F)c2cc(CN)c(=O)[nH]c12. The highest BCUT2D eigenvalue weighted by Crippen LogP contribution is 2.25. The summed E-state index contributed by atoms with van der Waals surface area (Å²) in [5.41, 5.74) is 5.77. The van der Waals surface area contributed by atoms with Gasteiger partial charge in [0, 0.05) is 17.5 Å². The van der Waals surface area contributed by atoms with Crippen molar-refractivity contribution in [2.75, 3.05) is 7.11 Å². The molecule has 0 aliphatic carbocycles. The van der Waals surface area contributed by atoms with E-state index in [9.17, 15) is 9.18 Å². The molecule has 0 amide bonds. The lowest BCUT2D eigenvalue weighted by Gasteiger charge is -2.07. The number of halogens is 1. The fraction of sp³-hybridized carbons (Fsp3) is 0.182. The van der Waals surface area contributed by atoms with Gasteiger partial charge in [0.1, 0.15) is 11.6 Å². The number of nitrogens with two attached hydrogens (primary N) is 1. The van der Waals surface area contributed by atoms with Crippen LogP contribution in [0.1, 0.15) is 5.56 Å². The molecule has 84 valence electrons. The minimum atomic E-state index is -0.415. The Hall–Kier alpha value is -1.88. The summed E-state index contributed by atoms with van der Waals surface area (Å²) in [6.07, 6.45) is 0. The highest BCUT2D eigenvalue weighted by atomic mass is 19.1. The fourth-order valence-electron chi connectivity index (χ4n) is 1.60. The van der Waals surface area contributed by atoms with Crippen molar-refractivity contribution in [1.82, 2.24) is 4.98 Å². The van der Waals surface area contributed by atoms with Crippen LogP contribution >= 0.6 is 0 Å². The number of aromatic nitrogens is 1. The Morgan fingerprint density at radius 3 is 2.88 bits per heavy atom. The summed E-state index contributed by atoms with van der Waals surface area (Å²) < 4.78 is 18.6. The number of rotatable bonds is 2. The second-order valence-corrected chi connectivity index (χ2v) is 3.37. The molecule has 1 aromatic heterocycles. The normalized spacial score (nSPS) is 10.7. The zero-order valence-corrected chi connectivity index (χ0v) is 8.71. The van der Waals surface area contributed by atoms with Gasteiger partial charge in [0.25, 0.3) is 5.56 Å².